The number of amides is 1. The van der Waals surface area contributed by atoms with Gasteiger partial charge in [0.15, 0.2) is 0 Å². The molecule has 4 rings (SSSR count). The zero-order valence-electron chi connectivity index (χ0n) is 15.3. The van der Waals surface area contributed by atoms with Gasteiger partial charge in [0.25, 0.3) is 5.91 Å². The number of hydrogen-bond donors (Lipinski definition) is 1. The first-order chi connectivity index (χ1) is 13.2. The van der Waals surface area contributed by atoms with E-state index in [1.165, 1.54) is 0 Å². The van der Waals surface area contributed by atoms with Crippen LogP contribution in [-0.4, -0.2) is 65.3 Å². The number of anilines is 1. The van der Waals surface area contributed by atoms with E-state index in [4.69, 9.17) is 4.74 Å². The Hall–Kier alpha value is -2.67. The van der Waals surface area contributed by atoms with E-state index >= 15 is 0 Å². The number of piperidine rings is 1. The second-order valence-electron chi connectivity index (χ2n) is 7.01. The predicted octanol–water partition coefficient (Wildman–Crippen LogP) is 2.04. The van der Waals surface area contributed by atoms with E-state index in [-0.39, 0.29) is 17.6 Å². The molecule has 2 aliphatic heterocycles. The molecule has 0 unspecified atom stereocenters. The number of carbonyl (C=O) groups excluding carboxylic acids is 1. The fourth-order valence-electron chi connectivity index (χ4n) is 3.78. The van der Waals surface area contributed by atoms with Crippen LogP contribution in [0.15, 0.2) is 36.7 Å². The second-order valence-corrected chi connectivity index (χ2v) is 7.01. The van der Waals surface area contributed by atoms with E-state index in [9.17, 15) is 9.90 Å². The molecule has 27 heavy (non-hydrogen) atoms. The lowest BCUT2D eigenvalue weighted by molar-refractivity contribution is 0.0703. The number of ether oxygens (including phenoxy) is 1. The third-order valence-corrected chi connectivity index (χ3v) is 5.27. The maximum Gasteiger partial charge on any atom is 0.257 e. The number of likely N-dealkylation sites (tertiary alicyclic amines) is 1. The number of rotatable bonds is 3. The number of nitrogens with zero attached hydrogens (tertiary/aromatic N) is 4. The van der Waals surface area contributed by atoms with E-state index in [1.807, 2.05) is 11.0 Å². The SMILES string of the molecule is O=C(c1ccccc1O)N1CCC[C@@H](c2cc(N3CCOCC3)ncn2)C1. The van der Waals surface area contributed by atoms with Gasteiger partial charge in [0.1, 0.15) is 17.9 Å². The molecule has 0 saturated carbocycles. The molecular weight excluding hydrogens is 344 g/mol. The summed E-state index contributed by atoms with van der Waals surface area (Å²) in [6.45, 7) is 4.40. The van der Waals surface area contributed by atoms with Crippen LogP contribution < -0.4 is 4.90 Å². The molecule has 0 aliphatic carbocycles. The van der Waals surface area contributed by atoms with Gasteiger partial charge in [-0.15, -0.1) is 0 Å². The number of phenols is 1. The maximum atomic E-state index is 12.8. The summed E-state index contributed by atoms with van der Waals surface area (Å²) in [4.78, 5) is 25.8. The summed E-state index contributed by atoms with van der Waals surface area (Å²) in [5.41, 5.74) is 1.33. The van der Waals surface area contributed by atoms with Gasteiger partial charge in [-0.3, -0.25) is 4.79 Å². The number of carbonyl (C=O) groups is 1. The van der Waals surface area contributed by atoms with Crippen molar-refractivity contribution in [2.45, 2.75) is 18.8 Å². The van der Waals surface area contributed by atoms with Crippen molar-refractivity contribution in [1.82, 2.24) is 14.9 Å². The summed E-state index contributed by atoms with van der Waals surface area (Å²) >= 11 is 0. The van der Waals surface area contributed by atoms with Crippen molar-refractivity contribution in [3.8, 4) is 5.75 Å². The molecule has 1 N–H and O–H groups in total. The molecule has 0 radical (unpaired) electrons. The fourth-order valence-corrected chi connectivity index (χ4v) is 3.78. The van der Waals surface area contributed by atoms with E-state index < -0.39 is 0 Å². The number of morpholine rings is 1. The van der Waals surface area contributed by atoms with Gasteiger partial charge in [0, 0.05) is 38.2 Å². The lowest BCUT2D eigenvalue weighted by Gasteiger charge is -2.33. The first-order valence-electron chi connectivity index (χ1n) is 9.44. The minimum atomic E-state index is -0.125. The van der Waals surface area contributed by atoms with Crippen LogP contribution in [0.25, 0.3) is 0 Å². The van der Waals surface area contributed by atoms with E-state index in [0.29, 0.717) is 31.9 Å². The average Bonchev–Trinajstić information content (AvgIpc) is 2.74. The Bertz CT molecular complexity index is 807. The largest absolute Gasteiger partial charge is 0.507 e. The van der Waals surface area contributed by atoms with E-state index in [0.717, 1.165) is 37.4 Å². The van der Waals surface area contributed by atoms with Crippen molar-refractivity contribution in [2.75, 3.05) is 44.3 Å². The van der Waals surface area contributed by atoms with Gasteiger partial charge in [-0.2, -0.15) is 0 Å². The minimum Gasteiger partial charge on any atom is -0.507 e. The van der Waals surface area contributed by atoms with Crippen molar-refractivity contribution in [3.63, 3.8) is 0 Å². The molecule has 0 spiro atoms. The van der Waals surface area contributed by atoms with Gasteiger partial charge in [-0.1, -0.05) is 12.1 Å². The molecule has 2 saturated heterocycles. The standard InChI is InChI=1S/C20H24N4O3/c25-18-6-2-1-5-16(18)20(26)24-7-3-4-15(13-24)17-12-19(22-14-21-17)23-8-10-27-11-9-23/h1-2,5-6,12,14-15,25H,3-4,7-11,13H2/t15-/m1/s1. The average molecular weight is 368 g/mol. The lowest BCUT2D eigenvalue weighted by Crippen LogP contribution is -2.39. The molecule has 1 amide bonds. The van der Waals surface area contributed by atoms with E-state index in [1.54, 1.807) is 30.6 Å². The Balaban J connectivity index is 1.50. The van der Waals surface area contributed by atoms with Crippen molar-refractivity contribution in [1.29, 1.82) is 0 Å². The summed E-state index contributed by atoms with van der Waals surface area (Å²) in [7, 11) is 0. The Kier molecular flexibility index (Phi) is 5.20. The highest BCUT2D eigenvalue weighted by Gasteiger charge is 2.28. The van der Waals surface area contributed by atoms with Crippen LogP contribution in [0.1, 0.15) is 34.8 Å². The molecule has 0 bridgehead atoms. The van der Waals surface area contributed by atoms with Crippen molar-refractivity contribution >= 4 is 11.7 Å². The highest BCUT2D eigenvalue weighted by Crippen LogP contribution is 2.29. The highest BCUT2D eigenvalue weighted by molar-refractivity contribution is 5.96. The van der Waals surface area contributed by atoms with Gasteiger partial charge in [-0.25, -0.2) is 9.97 Å². The van der Waals surface area contributed by atoms with Crippen LogP contribution in [0, 0.1) is 0 Å². The van der Waals surface area contributed by atoms with Crippen LogP contribution in [-0.2, 0) is 4.74 Å². The summed E-state index contributed by atoms with van der Waals surface area (Å²) in [5, 5.41) is 9.99. The number of aromatic nitrogens is 2. The van der Waals surface area contributed by atoms with E-state index in [2.05, 4.69) is 14.9 Å². The molecule has 2 aromatic rings. The number of para-hydroxylation sites is 1. The third-order valence-electron chi connectivity index (χ3n) is 5.27. The molecule has 7 nitrogen and oxygen atoms in total. The normalized spacial score (nSPS) is 20.5. The van der Waals surface area contributed by atoms with Crippen LogP contribution in [0.3, 0.4) is 0 Å². The molecular formula is C20H24N4O3. The van der Waals surface area contributed by atoms with Crippen molar-refractivity contribution in [2.24, 2.45) is 0 Å². The zero-order valence-corrected chi connectivity index (χ0v) is 15.3. The Morgan fingerprint density at radius 3 is 2.78 bits per heavy atom. The molecule has 142 valence electrons. The molecule has 1 atom stereocenters. The minimum absolute atomic E-state index is 0.0289. The van der Waals surface area contributed by atoms with Gasteiger partial charge in [0.05, 0.1) is 24.5 Å². The zero-order chi connectivity index (χ0) is 18.6. The smallest absolute Gasteiger partial charge is 0.257 e. The second kappa shape index (κ2) is 7.92. The number of phenolic OH excluding ortho intramolecular Hbond substituents is 1. The molecule has 1 aromatic heterocycles. The number of aromatic hydroxyl groups is 1. The van der Waals surface area contributed by atoms with Crippen LogP contribution in [0.2, 0.25) is 0 Å². The summed E-state index contributed by atoms with van der Waals surface area (Å²) in [6, 6.07) is 8.76. The number of hydrogen-bond acceptors (Lipinski definition) is 6. The summed E-state index contributed by atoms with van der Waals surface area (Å²) < 4.78 is 5.41. The van der Waals surface area contributed by atoms with Crippen LogP contribution in [0.4, 0.5) is 5.82 Å². The van der Waals surface area contributed by atoms with Gasteiger partial charge < -0.3 is 19.6 Å². The molecule has 7 heteroatoms. The fraction of sp³-hybridized carbons (Fsp3) is 0.450. The lowest BCUT2D eigenvalue weighted by atomic mass is 9.94. The number of benzene rings is 1. The Morgan fingerprint density at radius 1 is 1.15 bits per heavy atom. The van der Waals surface area contributed by atoms with Crippen molar-refractivity contribution in [3.05, 3.63) is 47.9 Å². The topological polar surface area (TPSA) is 78.8 Å². The molecule has 3 heterocycles. The molecule has 2 fully saturated rings. The summed E-state index contributed by atoms with van der Waals surface area (Å²) in [6.07, 6.45) is 3.52. The highest BCUT2D eigenvalue weighted by atomic mass is 16.5. The monoisotopic (exact) mass is 368 g/mol. The summed E-state index contributed by atoms with van der Waals surface area (Å²) in [5.74, 6) is 1.00. The third kappa shape index (κ3) is 3.88. The van der Waals surface area contributed by atoms with Crippen molar-refractivity contribution < 1.29 is 14.6 Å². The van der Waals surface area contributed by atoms with Crippen LogP contribution >= 0.6 is 0 Å². The van der Waals surface area contributed by atoms with Crippen LogP contribution in [0.5, 0.6) is 5.75 Å². The Morgan fingerprint density at radius 2 is 1.96 bits per heavy atom. The Labute approximate surface area is 158 Å². The van der Waals surface area contributed by atoms with Gasteiger partial charge >= 0.3 is 0 Å². The molecule has 2 aliphatic rings. The quantitative estimate of drug-likeness (QED) is 0.893. The molecule has 1 aromatic carbocycles. The first kappa shape index (κ1) is 17.7. The van der Waals surface area contributed by atoms with Gasteiger partial charge in [-0.05, 0) is 25.0 Å². The predicted molar refractivity (Wildman–Crippen MR) is 101 cm³/mol. The van der Waals surface area contributed by atoms with Gasteiger partial charge in [0.2, 0.25) is 0 Å². The first-order valence-corrected chi connectivity index (χ1v) is 9.44. The maximum absolute atomic E-state index is 12.8.